The van der Waals surface area contributed by atoms with Crippen LogP contribution in [0.3, 0.4) is 0 Å². The molecule has 2 aromatic carbocycles. The van der Waals surface area contributed by atoms with Gasteiger partial charge in [-0.3, -0.25) is 4.90 Å². The molecule has 0 bridgehead atoms. The van der Waals surface area contributed by atoms with Crippen LogP contribution in [0.2, 0.25) is 0 Å². The average Bonchev–Trinajstić information content (AvgIpc) is 2.66. The van der Waals surface area contributed by atoms with E-state index in [-0.39, 0.29) is 11.7 Å². The number of fused-ring (bicyclic) bond motifs is 3. The van der Waals surface area contributed by atoms with Crippen molar-refractivity contribution in [2.75, 3.05) is 6.73 Å². The van der Waals surface area contributed by atoms with Crippen LogP contribution in [0.15, 0.2) is 57.7 Å². The molecule has 4 rings (SSSR count). The average molecular weight is 335 g/mol. The zero-order valence-electron chi connectivity index (χ0n) is 14.5. The molecule has 4 heteroatoms. The van der Waals surface area contributed by atoms with Gasteiger partial charge in [-0.2, -0.15) is 0 Å². The molecular formula is C21H21NO3. The zero-order chi connectivity index (χ0) is 17.4. The molecule has 0 aliphatic carbocycles. The Balaban J connectivity index is 1.77. The Morgan fingerprint density at radius 3 is 2.72 bits per heavy atom. The van der Waals surface area contributed by atoms with Gasteiger partial charge in [0.2, 0.25) is 0 Å². The highest BCUT2D eigenvalue weighted by Gasteiger charge is 2.25. The molecule has 25 heavy (non-hydrogen) atoms. The van der Waals surface area contributed by atoms with Crippen LogP contribution in [0.4, 0.5) is 0 Å². The van der Waals surface area contributed by atoms with Crippen molar-refractivity contribution in [1.29, 1.82) is 0 Å². The molecule has 0 N–H and O–H groups in total. The minimum atomic E-state index is -0.300. The van der Waals surface area contributed by atoms with Gasteiger partial charge in [0, 0.05) is 24.0 Å². The predicted molar refractivity (Wildman–Crippen MR) is 97.8 cm³/mol. The summed E-state index contributed by atoms with van der Waals surface area (Å²) in [6.07, 6.45) is 0.797. The third-order valence-corrected chi connectivity index (χ3v) is 5.02. The lowest BCUT2D eigenvalue weighted by molar-refractivity contribution is 0.0620. The minimum Gasteiger partial charge on any atom is -0.478 e. The molecule has 0 amide bonds. The van der Waals surface area contributed by atoms with Crippen LogP contribution in [0, 0.1) is 0 Å². The van der Waals surface area contributed by atoms with E-state index in [9.17, 15) is 4.79 Å². The molecule has 128 valence electrons. The summed E-state index contributed by atoms with van der Waals surface area (Å²) in [6, 6.07) is 16.1. The SMILES string of the molecule is CCc1cc(=O)oc2c3c(ccc12)OCN(C(C)c1ccccc1)C3. The van der Waals surface area contributed by atoms with Crippen molar-refractivity contribution in [2.24, 2.45) is 0 Å². The predicted octanol–water partition coefficient (Wildman–Crippen LogP) is 4.27. The van der Waals surface area contributed by atoms with E-state index >= 15 is 0 Å². The highest BCUT2D eigenvalue weighted by Crippen LogP contribution is 2.35. The topological polar surface area (TPSA) is 42.7 Å². The van der Waals surface area contributed by atoms with Crippen molar-refractivity contribution in [3.05, 3.63) is 75.6 Å². The van der Waals surface area contributed by atoms with Gasteiger partial charge in [0.1, 0.15) is 18.1 Å². The lowest BCUT2D eigenvalue weighted by Gasteiger charge is -2.34. The van der Waals surface area contributed by atoms with Gasteiger partial charge in [-0.15, -0.1) is 0 Å². The number of rotatable bonds is 3. The Bertz CT molecular complexity index is 962. The molecule has 2 heterocycles. The van der Waals surface area contributed by atoms with Crippen LogP contribution >= 0.6 is 0 Å². The van der Waals surface area contributed by atoms with Crippen molar-refractivity contribution in [3.63, 3.8) is 0 Å². The van der Waals surface area contributed by atoms with Crippen LogP contribution in [0.1, 0.15) is 36.6 Å². The first-order valence-electron chi connectivity index (χ1n) is 8.67. The van der Waals surface area contributed by atoms with Crippen LogP contribution in [0.25, 0.3) is 11.0 Å². The van der Waals surface area contributed by atoms with Crippen LogP contribution in [-0.2, 0) is 13.0 Å². The zero-order valence-corrected chi connectivity index (χ0v) is 14.5. The van der Waals surface area contributed by atoms with Crippen molar-refractivity contribution < 1.29 is 9.15 Å². The third-order valence-electron chi connectivity index (χ3n) is 5.02. The normalized spacial score (nSPS) is 15.6. The molecule has 0 saturated carbocycles. The Kier molecular flexibility index (Phi) is 4.06. The van der Waals surface area contributed by atoms with Crippen LogP contribution in [0.5, 0.6) is 5.75 Å². The van der Waals surface area contributed by atoms with E-state index in [1.54, 1.807) is 6.07 Å². The molecule has 1 atom stereocenters. The summed E-state index contributed by atoms with van der Waals surface area (Å²) in [4.78, 5) is 14.2. The molecule has 0 spiro atoms. The van der Waals surface area contributed by atoms with Crippen molar-refractivity contribution in [1.82, 2.24) is 4.90 Å². The number of hydrogen-bond acceptors (Lipinski definition) is 4. The van der Waals surface area contributed by atoms with Gasteiger partial charge in [0.15, 0.2) is 0 Å². The Labute approximate surface area is 146 Å². The van der Waals surface area contributed by atoms with Gasteiger partial charge >= 0.3 is 5.63 Å². The molecule has 0 saturated heterocycles. The summed E-state index contributed by atoms with van der Waals surface area (Å²) in [5.74, 6) is 0.806. The van der Waals surface area contributed by atoms with E-state index in [1.165, 1.54) is 5.56 Å². The fraction of sp³-hybridized carbons (Fsp3) is 0.286. The van der Waals surface area contributed by atoms with Crippen molar-refractivity contribution in [3.8, 4) is 5.75 Å². The Morgan fingerprint density at radius 1 is 1.16 bits per heavy atom. The number of ether oxygens (including phenoxy) is 1. The van der Waals surface area contributed by atoms with E-state index in [0.29, 0.717) is 18.9 Å². The lowest BCUT2D eigenvalue weighted by Crippen LogP contribution is -2.34. The van der Waals surface area contributed by atoms with E-state index in [1.807, 2.05) is 37.3 Å². The quantitative estimate of drug-likeness (QED) is 0.671. The first kappa shape index (κ1) is 15.9. The van der Waals surface area contributed by atoms with Crippen LogP contribution < -0.4 is 10.4 Å². The van der Waals surface area contributed by atoms with Crippen molar-refractivity contribution >= 4 is 11.0 Å². The molecule has 4 nitrogen and oxygen atoms in total. The number of benzene rings is 2. The van der Waals surface area contributed by atoms with E-state index in [2.05, 4.69) is 24.0 Å². The second-order valence-electron chi connectivity index (χ2n) is 6.47. The molecule has 1 aliphatic rings. The second kappa shape index (κ2) is 6.37. The first-order chi connectivity index (χ1) is 12.2. The maximum absolute atomic E-state index is 12.0. The Morgan fingerprint density at radius 2 is 1.96 bits per heavy atom. The maximum atomic E-state index is 12.0. The fourth-order valence-electron chi connectivity index (χ4n) is 3.50. The molecule has 0 fully saturated rings. The van der Waals surface area contributed by atoms with Gasteiger partial charge < -0.3 is 9.15 Å². The van der Waals surface area contributed by atoms with Gasteiger partial charge in [0.05, 0.1) is 5.56 Å². The van der Waals surface area contributed by atoms with E-state index in [0.717, 1.165) is 28.7 Å². The van der Waals surface area contributed by atoms with E-state index < -0.39 is 0 Å². The highest BCUT2D eigenvalue weighted by atomic mass is 16.5. The summed E-state index contributed by atoms with van der Waals surface area (Å²) in [5.41, 5.74) is 3.57. The third kappa shape index (κ3) is 2.83. The fourth-order valence-corrected chi connectivity index (χ4v) is 3.50. The lowest BCUT2D eigenvalue weighted by atomic mass is 10.0. The summed E-state index contributed by atoms with van der Waals surface area (Å²) < 4.78 is 11.5. The number of aryl methyl sites for hydroxylation is 1. The maximum Gasteiger partial charge on any atom is 0.336 e. The highest BCUT2D eigenvalue weighted by molar-refractivity contribution is 5.85. The molecule has 1 aliphatic heterocycles. The standard InChI is InChI=1S/C21H21NO3/c1-3-15-11-20(23)25-21-17(15)9-10-19-18(21)12-22(13-24-19)14(2)16-7-5-4-6-8-16/h4-11,14H,3,12-13H2,1-2H3. The van der Waals surface area contributed by atoms with Gasteiger partial charge in [-0.1, -0.05) is 37.3 Å². The Hall–Kier alpha value is -2.59. The number of nitrogens with zero attached hydrogens (tertiary/aromatic N) is 1. The largest absolute Gasteiger partial charge is 0.478 e. The monoisotopic (exact) mass is 335 g/mol. The van der Waals surface area contributed by atoms with E-state index in [4.69, 9.17) is 9.15 Å². The summed E-state index contributed by atoms with van der Waals surface area (Å²) in [5, 5.41) is 0.999. The summed E-state index contributed by atoms with van der Waals surface area (Å²) in [6.45, 7) is 5.43. The molecule has 1 unspecified atom stereocenters. The first-order valence-corrected chi connectivity index (χ1v) is 8.67. The molecular weight excluding hydrogens is 314 g/mol. The molecule has 1 aromatic heterocycles. The summed E-state index contributed by atoms with van der Waals surface area (Å²) in [7, 11) is 0. The van der Waals surface area contributed by atoms with Gasteiger partial charge in [-0.25, -0.2) is 4.79 Å². The number of hydrogen-bond donors (Lipinski definition) is 0. The molecule has 0 radical (unpaired) electrons. The molecule has 3 aromatic rings. The van der Waals surface area contributed by atoms with Gasteiger partial charge in [-0.05, 0) is 36.6 Å². The van der Waals surface area contributed by atoms with Crippen LogP contribution in [-0.4, -0.2) is 11.6 Å². The minimum absolute atomic E-state index is 0.214. The second-order valence-corrected chi connectivity index (χ2v) is 6.47. The van der Waals surface area contributed by atoms with Crippen molar-refractivity contribution in [2.45, 2.75) is 32.9 Å². The summed E-state index contributed by atoms with van der Waals surface area (Å²) >= 11 is 0. The van der Waals surface area contributed by atoms with Gasteiger partial charge in [0.25, 0.3) is 0 Å². The smallest absolute Gasteiger partial charge is 0.336 e.